The van der Waals surface area contributed by atoms with Gasteiger partial charge >= 0.3 is 5.97 Å². The van der Waals surface area contributed by atoms with Gasteiger partial charge in [0, 0.05) is 12.3 Å². The van der Waals surface area contributed by atoms with Crippen LogP contribution in [0.5, 0.6) is 0 Å². The van der Waals surface area contributed by atoms with Crippen LogP contribution >= 0.6 is 35.7 Å². The topological polar surface area (TPSA) is 69.6 Å². The third kappa shape index (κ3) is 3.36. The van der Waals surface area contributed by atoms with E-state index in [2.05, 4.69) is 5.32 Å². The number of hydrogen-bond acceptors (Lipinski definition) is 6. The molecule has 0 spiro atoms. The summed E-state index contributed by atoms with van der Waals surface area (Å²) in [5.74, 6) is -0.367. The van der Waals surface area contributed by atoms with Crippen LogP contribution in [0.2, 0.25) is 0 Å². The largest absolute Gasteiger partial charge is 0.480 e. The second-order valence-corrected chi connectivity index (χ2v) is 6.93. The average Bonchev–Trinajstić information content (AvgIpc) is 3.00. The number of amides is 1. The number of carbonyl (C=O) groups excluding carboxylic acids is 1. The number of thioether (sulfide) groups is 2. The Kier molecular flexibility index (Phi) is 5.11. The number of carboxylic acids is 1. The molecule has 2 aliphatic rings. The first kappa shape index (κ1) is 15.4. The zero-order chi connectivity index (χ0) is 14.7. The smallest absolute Gasteiger partial charge is 0.323 e. The quantitative estimate of drug-likeness (QED) is 0.601. The number of carbonyl (C=O) groups is 2. The van der Waals surface area contributed by atoms with Crippen molar-refractivity contribution in [1.29, 1.82) is 0 Å². The third-order valence-electron chi connectivity index (χ3n) is 2.78. The zero-order valence-corrected chi connectivity index (χ0v) is 13.3. The highest BCUT2D eigenvalue weighted by Gasteiger charge is 2.33. The number of hydrogen-bond donors (Lipinski definition) is 2. The highest BCUT2D eigenvalue weighted by molar-refractivity contribution is 8.26. The average molecular weight is 330 g/mol. The molecule has 0 unspecified atom stereocenters. The Balaban J connectivity index is 2.22. The Morgan fingerprint density at radius 1 is 1.60 bits per heavy atom. The molecular formula is C12H14N2O3S3. The highest BCUT2D eigenvalue weighted by Crippen LogP contribution is 2.34. The van der Waals surface area contributed by atoms with E-state index in [1.54, 1.807) is 11.8 Å². The molecule has 2 rings (SSSR count). The van der Waals surface area contributed by atoms with Crippen molar-refractivity contribution in [3.05, 3.63) is 21.6 Å². The first-order chi connectivity index (χ1) is 9.52. The lowest BCUT2D eigenvalue weighted by Gasteiger charge is -2.10. The van der Waals surface area contributed by atoms with E-state index in [1.165, 1.54) is 0 Å². The van der Waals surface area contributed by atoms with Gasteiger partial charge in [0.15, 0.2) is 0 Å². The minimum absolute atomic E-state index is 0.302. The van der Waals surface area contributed by atoms with Gasteiger partial charge < -0.3 is 10.4 Å². The van der Waals surface area contributed by atoms with Crippen molar-refractivity contribution in [1.82, 2.24) is 10.2 Å². The number of rotatable bonds is 4. The molecule has 1 amide bonds. The lowest BCUT2D eigenvalue weighted by Crippen LogP contribution is -2.33. The maximum Gasteiger partial charge on any atom is 0.323 e. The summed E-state index contributed by atoms with van der Waals surface area (Å²) in [6.07, 6.45) is 2.63. The van der Waals surface area contributed by atoms with Crippen LogP contribution in [0.25, 0.3) is 0 Å². The second-order valence-electron chi connectivity index (χ2n) is 4.14. The molecule has 0 radical (unpaired) electrons. The highest BCUT2D eigenvalue weighted by atomic mass is 32.2. The van der Waals surface area contributed by atoms with E-state index in [-0.39, 0.29) is 12.5 Å². The molecule has 0 aromatic carbocycles. The van der Waals surface area contributed by atoms with Gasteiger partial charge in [-0.05, 0) is 18.1 Å². The molecule has 8 heteroatoms. The summed E-state index contributed by atoms with van der Waals surface area (Å²) >= 11 is 7.96. The summed E-state index contributed by atoms with van der Waals surface area (Å²) in [7, 11) is 0. The van der Waals surface area contributed by atoms with Gasteiger partial charge in [-0.15, -0.1) is 11.8 Å². The summed E-state index contributed by atoms with van der Waals surface area (Å²) in [5, 5.41) is 13.2. The summed E-state index contributed by atoms with van der Waals surface area (Å²) in [5.41, 5.74) is 1.06. The van der Waals surface area contributed by atoms with E-state index < -0.39 is 5.97 Å². The monoisotopic (exact) mass is 330 g/mol. The molecule has 0 aromatic rings. The third-order valence-corrected chi connectivity index (χ3v) is 5.26. The van der Waals surface area contributed by atoms with Crippen LogP contribution in [0.3, 0.4) is 0 Å². The molecule has 2 saturated heterocycles. The molecule has 0 aliphatic carbocycles. The van der Waals surface area contributed by atoms with Crippen molar-refractivity contribution in [3.63, 3.8) is 0 Å². The molecule has 0 atom stereocenters. The first-order valence-electron chi connectivity index (χ1n) is 6.10. The Bertz CT molecular complexity index is 520. The number of nitrogens with zero attached hydrogens (tertiary/aromatic N) is 1. The van der Waals surface area contributed by atoms with Crippen LogP contribution in [0, 0.1) is 0 Å². The Hall–Kier alpha value is -0.990. The minimum Gasteiger partial charge on any atom is -0.480 e. The summed E-state index contributed by atoms with van der Waals surface area (Å²) in [4.78, 5) is 24.5. The second kappa shape index (κ2) is 6.64. The standard InChI is InChI=1S/C12H14N2O3S3/c1-2-7(10-13-3-4-19-10)5-8-11(17)14(6-9(15)16)12(18)20-8/h5,13H,2-4,6H2,1H3,(H,15,16). The van der Waals surface area contributed by atoms with E-state index in [4.69, 9.17) is 17.3 Å². The van der Waals surface area contributed by atoms with Crippen molar-refractivity contribution >= 4 is 51.9 Å². The van der Waals surface area contributed by atoms with Crippen molar-refractivity contribution in [2.75, 3.05) is 18.8 Å². The minimum atomic E-state index is -1.07. The van der Waals surface area contributed by atoms with Gasteiger partial charge in [0.2, 0.25) is 0 Å². The number of allylic oxidation sites excluding steroid dienone is 2. The Morgan fingerprint density at radius 3 is 2.90 bits per heavy atom. The predicted molar refractivity (Wildman–Crippen MR) is 85.4 cm³/mol. The van der Waals surface area contributed by atoms with Crippen LogP contribution in [0.15, 0.2) is 21.6 Å². The van der Waals surface area contributed by atoms with Gasteiger partial charge in [0.1, 0.15) is 10.9 Å². The first-order valence-corrected chi connectivity index (χ1v) is 8.31. The predicted octanol–water partition coefficient (Wildman–Crippen LogP) is 1.77. The lowest BCUT2D eigenvalue weighted by molar-refractivity contribution is -0.140. The summed E-state index contributed by atoms with van der Waals surface area (Å²) in [6.45, 7) is 2.57. The fraction of sp³-hybridized carbons (Fsp3) is 0.417. The van der Waals surface area contributed by atoms with Crippen LogP contribution in [0.4, 0.5) is 0 Å². The molecule has 2 fully saturated rings. The van der Waals surface area contributed by atoms with Crippen LogP contribution in [-0.2, 0) is 9.59 Å². The summed E-state index contributed by atoms with van der Waals surface area (Å²) < 4.78 is 0.302. The SMILES string of the molecule is CCC(C=C1SC(=S)N(CC(=O)O)C1=O)=C1NCCS1. The fourth-order valence-corrected chi connectivity index (χ4v) is 4.10. The van der Waals surface area contributed by atoms with Gasteiger partial charge in [0.05, 0.1) is 9.93 Å². The molecule has 0 aromatic heterocycles. The number of carboxylic acid groups (broad SMARTS) is 1. The van der Waals surface area contributed by atoms with Gasteiger partial charge in [-0.2, -0.15) is 0 Å². The van der Waals surface area contributed by atoms with Gasteiger partial charge in [-0.1, -0.05) is 30.9 Å². The molecular weight excluding hydrogens is 316 g/mol. The molecule has 0 bridgehead atoms. The van der Waals surface area contributed by atoms with E-state index in [9.17, 15) is 9.59 Å². The van der Waals surface area contributed by atoms with E-state index in [0.29, 0.717) is 9.23 Å². The van der Waals surface area contributed by atoms with Crippen LogP contribution < -0.4 is 5.32 Å². The van der Waals surface area contributed by atoms with Crippen molar-refractivity contribution < 1.29 is 14.7 Å². The normalized spacial score (nSPS) is 23.4. The molecule has 2 N–H and O–H groups in total. The maximum absolute atomic E-state index is 12.2. The van der Waals surface area contributed by atoms with Crippen molar-refractivity contribution in [2.24, 2.45) is 0 Å². The molecule has 5 nitrogen and oxygen atoms in total. The van der Waals surface area contributed by atoms with Gasteiger partial charge in [-0.25, -0.2) is 0 Å². The number of aliphatic carboxylic acids is 1. The lowest BCUT2D eigenvalue weighted by atomic mass is 10.2. The number of thiocarbonyl (C=S) groups is 1. The molecule has 2 heterocycles. The Morgan fingerprint density at radius 2 is 2.35 bits per heavy atom. The fourth-order valence-electron chi connectivity index (χ4n) is 1.83. The van der Waals surface area contributed by atoms with Crippen LogP contribution in [-0.4, -0.2) is 45.0 Å². The molecule has 20 heavy (non-hydrogen) atoms. The molecule has 0 saturated carbocycles. The van der Waals surface area contributed by atoms with Crippen LogP contribution in [0.1, 0.15) is 13.3 Å². The maximum atomic E-state index is 12.2. The van der Waals surface area contributed by atoms with Gasteiger partial charge in [0.25, 0.3) is 5.91 Å². The Labute approximate surface area is 130 Å². The zero-order valence-electron chi connectivity index (χ0n) is 10.8. The molecule has 108 valence electrons. The number of nitrogens with one attached hydrogen (secondary N) is 1. The van der Waals surface area contributed by atoms with Crippen molar-refractivity contribution in [2.45, 2.75) is 13.3 Å². The molecule has 2 aliphatic heterocycles. The van der Waals surface area contributed by atoms with Gasteiger partial charge in [-0.3, -0.25) is 14.5 Å². The van der Waals surface area contributed by atoms with E-state index >= 15 is 0 Å². The van der Waals surface area contributed by atoms with E-state index in [0.717, 1.165) is 46.0 Å². The van der Waals surface area contributed by atoms with Crippen molar-refractivity contribution in [3.8, 4) is 0 Å². The van der Waals surface area contributed by atoms with E-state index in [1.807, 2.05) is 13.0 Å². The summed E-state index contributed by atoms with van der Waals surface area (Å²) in [6, 6.07) is 0.